The summed E-state index contributed by atoms with van der Waals surface area (Å²) in [5, 5.41) is 7.98. The smallest absolute Gasteiger partial charge is 0.257 e. The molecule has 0 radical (unpaired) electrons. The number of nitrogens with one attached hydrogen (secondary N) is 1. The second-order valence-corrected chi connectivity index (χ2v) is 10.7. The zero-order valence-electron chi connectivity index (χ0n) is 20.0. The lowest BCUT2D eigenvalue weighted by Crippen LogP contribution is -2.35. The predicted molar refractivity (Wildman–Crippen MR) is 131 cm³/mol. The molecule has 9 nitrogen and oxygen atoms in total. The summed E-state index contributed by atoms with van der Waals surface area (Å²) in [4.78, 5) is 18.0. The number of pyridine rings is 1. The molecule has 1 aliphatic heterocycles. The molecule has 182 valence electrons. The normalized spacial score (nSPS) is 15.1. The van der Waals surface area contributed by atoms with Crippen molar-refractivity contribution < 1.29 is 17.9 Å². The molecule has 0 atom stereocenters. The quantitative estimate of drug-likeness (QED) is 0.539. The molecule has 1 amide bonds. The number of piperidine rings is 1. The van der Waals surface area contributed by atoms with E-state index in [4.69, 9.17) is 4.74 Å². The molecule has 1 N–H and O–H groups in total. The van der Waals surface area contributed by atoms with E-state index in [0.717, 1.165) is 24.6 Å². The maximum Gasteiger partial charge on any atom is 0.257 e. The molecule has 1 aliphatic rings. The first-order valence-electron chi connectivity index (χ1n) is 11.7. The summed E-state index contributed by atoms with van der Waals surface area (Å²) >= 11 is 0. The SMILES string of the molecule is CCOc1ccc(S(=O)(=O)N2CCCCC2)cc1NC(=O)c1cc2cnn(C(C)C)c2nc1C. The molecule has 0 saturated carbocycles. The van der Waals surface area contributed by atoms with Crippen molar-refractivity contribution >= 4 is 32.7 Å². The molecule has 2 aromatic heterocycles. The van der Waals surface area contributed by atoms with E-state index in [1.807, 2.05) is 25.5 Å². The van der Waals surface area contributed by atoms with Crippen LogP contribution in [0.5, 0.6) is 5.75 Å². The molecule has 0 spiro atoms. The average Bonchev–Trinajstić information content (AvgIpc) is 3.23. The van der Waals surface area contributed by atoms with E-state index in [1.54, 1.807) is 25.3 Å². The Bertz CT molecular complexity index is 1310. The molecule has 1 fully saturated rings. The highest BCUT2D eigenvalue weighted by Gasteiger charge is 2.27. The monoisotopic (exact) mass is 485 g/mol. The van der Waals surface area contributed by atoms with Crippen molar-refractivity contribution in [2.24, 2.45) is 0 Å². The Labute approximate surface area is 200 Å². The van der Waals surface area contributed by atoms with Crippen LogP contribution in [0.2, 0.25) is 0 Å². The van der Waals surface area contributed by atoms with Crippen molar-refractivity contribution in [3.8, 4) is 5.75 Å². The van der Waals surface area contributed by atoms with Gasteiger partial charge in [0, 0.05) is 24.5 Å². The fraction of sp³-hybridized carbons (Fsp3) is 0.458. The Morgan fingerprint density at radius 2 is 1.91 bits per heavy atom. The summed E-state index contributed by atoms with van der Waals surface area (Å²) in [6.45, 7) is 9.03. The van der Waals surface area contributed by atoms with Crippen molar-refractivity contribution in [2.45, 2.75) is 57.9 Å². The van der Waals surface area contributed by atoms with Gasteiger partial charge in [-0.1, -0.05) is 6.42 Å². The van der Waals surface area contributed by atoms with Gasteiger partial charge < -0.3 is 10.1 Å². The third-order valence-corrected chi connectivity index (χ3v) is 7.84. The first kappa shape index (κ1) is 24.2. The van der Waals surface area contributed by atoms with Gasteiger partial charge in [-0.05, 0) is 64.8 Å². The zero-order chi connectivity index (χ0) is 24.5. The third-order valence-electron chi connectivity index (χ3n) is 5.95. The molecule has 10 heteroatoms. The molecule has 4 rings (SSSR count). The number of amides is 1. The molecular weight excluding hydrogens is 454 g/mol. The van der Waals surface area contributed by atoms with E-state index >= 15 is 0 Å². The van der Waals surface area contributed by atoms with Gasteiger partial charge in [0.15, 0.2) is 5.65 Å². The second kappa shape index (κ2) is 9.71. The Morgan fingerprint density at radius 3 is 2.59 bits per heavy atom. The number of ether oxygens (including phenoxy) is 1. The number of hydrogen-bond acceptors (Lipinski definition) is 6. The average molecular weight is 486 g/mol. The van der Waals surface area contributed by atoms with Crippen LogP contribution in [0.1, 0.15) is 62.1 Å². The lowest BCUT2D eigenvalue weighted by Gasteiger charge is -2.26. The van der Waals surface area contributed by atoms with Crippen LogP contribution in [0.3, 0.4) is 0 Å². The number of aryl methyl sites for hydroxylation is 1. The van der Waals surface area contributed by atoms with Crippen LogP contribution in [-0.4, -0.2) is 53.1 Å². The summed E-state index contributed by atoms with van der Waals surface area (Å²) < 4.78 is 35.3. The molecule has 1 aromatic carbocycles. The minimum Gasteiger partial charge on any atom is -0.492 e. The van der Waals surface area contributed by atoms with Gasteiger partial charge >= 0.3 is 0 Å². The van der Waals surface area contributed by atoms with Crippen LogP contribution in [0, 0.1) is 6.92 Å². The molecule has 1 saturated heterocycles. The van der Waals surface area contributed by atoms with Gasteiger partial charge in [-0.3, -0.25) is 4.79 Å². The Hall–Kier alpha value is -2.98. The second-order valence-electron chi connectivity index (χ2n) is 8.73. The summed E-state index contributed by atoms with van der Waals surface area (Å²) in [6, 6.07) is 6.50. The fourth-order valence-corrected chi connectivity index (χ4v) is 5.71. The van der Waals surface area contributed by atoms with E-state index in [-0.39, 0.29) is 10.9 Å². The van der Waals surface area contributed by atoms with Crippen LogP contribution in [0.15, 0.2) is 35.4 Å². The number of nitrogens with zero attached hydrogens (tertiary/aromatic N) is 4. The number of anilines is 1. The van der Waals surface area contributed by atoms with E-state index in [2.05, 4.69) is 15.4 Å². The number of aromatic nitrogens is 3. The number of hydrogen-bond donors (Lipinski definition) is 1. The molecule has 0 aliphatic carbocycles. The Balaban J connectivity index is 1.67. The fourth-order valence-electron chi connectivity index (χ4n) is 4.17. The maximum absolute atomic E-state index is 13.2. The minimum atomic E-state index is -3.66. The van der Waals surface area contributed by atoms with Crippen LogP contribution in [0.4, 0.5) is 5.69 Å². The van der Waals surface area contributed by atoms with E-state index in [1.165, 1.54) is 16.4 Å². The third kappa shape index (κ3) is 4.65. The topological polar surface area (TPSA) is 106 Å². The van der Waals surface area contributed by atoms with Crippen molar-refractivity contribution in [1.29, 1.82) is 0 Å². The van der Waals surface area contributed by atoms with Gasteiger partial charge in [-0.2, -0.15) is 9.40 Å². The lowest BCUT2D eigenvalue weighted by molar-refractivity contribution is 0.102. The van der Waals surface area contributed by atoms with Gasteiger partial charge in [0.1, 0.15) is 5.75 Å². The maximum atomic E-state index is 13.2. The van der Waals surface area contributed by atoms with Gasteiger partial charge in [0.25, 0.3) is 5.91 Å². The van der Waals surface area contributed by atoms with Crippen LogP contribution >= 0.6 is 0 Å². The molecule has 0 unspecified atom stereocenters. The Morgan fingerprint density at radius 1 is 1.18 bits per heavy atom. The number of sulfonamides is 1. The van der Waals surface area contributed by atoms with Crippen molar-refractivity contribution in [3.05, 3.63) is 41.7 Å². The van der Waals surface area contributed by atoms with Gasteiger partial charge in [0.05, 0.1) is 34.6 Å². The highest BCUT2D eigenvalue weighted by Crippen LogP contribution is 2.31. The number of carbonyl (C=O) groups excluding carboxylic acids is 1. The predicted octanol–water partition coefficient (Wildman–Crippen LogP) is 4.15. The Kier molecular flexibility index (Phi) is 6.90. The molecule has 34 heavy (non-hydrogen) atoms. The van der Waals surface area contributed by atoms with Gasteiger partial charge in [0.2, 0.25) is 10.0 Å². The van der Waals surface area contributed by atoms with Crippen LogP contribution in [0.25, 0.3) is 11.0 Å². The lowest BCUT2D eigenvalue weighted by atomic mass is 10.1. The summed E-state index contributed by atoms with van der Waals surface area (Å²) in [7, 11) is -3.66. The van der Waals surface area contributed by atoms with Crippen molar-refractivity contribution in [1.82, 2.24) is 19.1 Å². The molecular formula is C24H31N5O4S. The van der Waals surface area contributed by atoms with E-state index in [9.17, 15) is 13.2 Å². The molecule has 3 aromatic rings. The first-order valence-corrected chi connectivity index (χ1v) is 13.1. The first-order chi connectivity index (χ1) is 16.2. The van der Waals surface area contributed by atoms with Gasteiger partial charge in [-0.15, -0.1) is 0 Å². The summed E-state index contributed by atoms with van der Waals surface area (Å²) in [5.74, 6) is 0.0189. The van der Waals surface area contributed by atoms with Crippen LogP contribution in [-0.2, 0) is 10.0 Å². The van der Waals surface area contributed by atoms with E-state index < -0.39 is 15.9 Å². The van der Waals surface area contributed by atoms with E-state index in [0.29, 0.717) is 48.0 Å². The molecule has 0 bridgehead atoms. The minimum absolute atomic E-state index is 0.136. The zero-order valence-corrected chi connectivity index (χ0v) is 20.9. The summed E-state index contributed by atoms with van der Waals surface area (Å²) in [5.41, 5.74) is 1.97. The van der Waals surface area contributed by atoms with Crippen molar-refractivity contribution in [3.63, 3.8) is 0 Å². The van der Waals surface area contributed by atoms with Crippen molar-refractivity contribution in [2.75, 3.05) is 25.0 Å². The highest BCUT2D eigenvalue weighted by molar-refractivity contribution is 7.89. The number of fused-ring (bicyclic) bond motifs is 1. The number of benzene rings is 1. The molecule has 3 heterocycles. The standard InChI is InChI=1S/C24H31N5O4S/c1-5-33-22-10-9-19(34(31,32)28-11-7-6-8-12-28)14-21(22)27-24(30)20-13-18-15-25-29(16(2)3)23(18)26-17(20)4/h9-10,13-16H,5-8,11-12H2,1-4H3,(H,27,30). The van der Waals surface area contributed by atoms with Gasteiger partial charge in [-0.25, -0.2) is 18.1 Å². The number of carbonyl (C=O) groups is 1. The van der Waals surface area contributed by atoms with Crippen LogP contribution < -0.4 is 10.1 Å². The highest BCUT2D eigenvalue weighted by atomic mass is 32.2. The summed E-state index contributed by atoms with van der Waals surface area (Å²) in [6.07, 6.45) is 4.42. The largest absolute Gasteiger partial charge is 0.492 e. The number of rotatable bonds is 7.